The highest BCUT2D eigenvalue weighted by Crippen LogP contribution is 2.27. The van der Waals surface area contributed by atoms with Crippen molar-refractivity contribution in [2.45, 2.75) is 32.2 Å². The molecule has 2 rings (SSSR count). The van der Waals surface area contributed by atoms with E-state index in [-0.39, 0.29) is 5.54 Å². The van der Waals surface area contributed by atoms with Crippen molar-refractivity contribution in [3.05, 3.63) is 23.3 Å². The van der Waals surface area contributed by atoms with Crippen LogP contribution in [0.3, 0.4) is 0 Å². The fourth-order valence-corrected chi connectivity index (χ4v) is 2.55. The van der Waals surface area contributed by atoms with Gasteiger partial charge in [-0.2, -0.15) is 5.10 Å². The van der Waals surface area contributed by atoms with Gasteiger partial charge in [0.25, 0.3) is 0 Å². The number of nitrogens with two attached hydrogens (primary N) is 1. The van der Waals surface area contributed by atoms with E-state index in [1.54, 1.807) is 11.3 Å². The zero-order valence-corrected chi connectivity index (χ0v) is 11.3. The average molecular weight is 250 g/mol. The third-order valence-corrected chi connectivity index (χ3v) is 4.08. The predicted molar refractivity (Wildman–Crippen MR) is 70.8 cm³/mol. The summed E-state index contributed by atoms with van der Waals surface area (Å²) in [6, 6.07) is 4.03. The zero-order valence-electron chi connectivity index (χ0n) is 10.5. The molecule has 17 heavy (non-hydrogen) atoms. The average Bonchev–Trinajstić information content (AvgIpc) is 2.96. The van der Waals surface area contributed by atoms with Crippen molar-refractivity contribution in [3.63, 3.8) is 0 Å². The standard InChI is InChI=1S/C12H18N4S/c1-4-12(13,5-2)11-14-10(15-16(11)3)9-7-6-8-17-9/h6-8H,4-5,13H2,1-3H3. The molecule has 2 aromatic rings. The van der Waals surface area contributed by atoms with Crippen LogP contribution >= 0.6 is 11.3 Å². The molecule has 2 aromatic heterocycles. The normalized spacial score (nSPS) is 12.0. The number of aromatic nitrogens is 3. The second-order valence-corrected chi connectivity index (χ2v) is 5.17. The third kappa shape index (κ3) is 2.12. The first kappa shape index (κ1) is 12.3. The highest BCUT2D eigenvalue weighted by molar-refractivity contribution is 7.13. The number of hydrogen-bond acceptors (Lipinski definition) is 4. The molecular formula is C12H18N4S. The van der Waals surface area contributed by atoms with Gasteiger partial charge < -0.3 is 5.73 Å². The fraction of sp³-hybridized carbons (Fsp3) is 0.500. The van der Waals surface area contributed by atoms with E-state index in [4.69, 9.17) is 5.73 Å². The maximum absolute atomic E-state index is 6.37. The topological polar surface area (TPSA) is 56.7 Å². The van der Waals surface area contributed by atoms with Gasteiger partial charge in [0.1, 0.15) is 5.82 Å². The summed E-state index contributed by atoms with van der Waals surface area (Å²) in [6.07, 6.45) is 1.72. The van der Waals surface area contributed by atoms with Gasteiger partial charge in [0.2, 0.25) is 0 Å². The van der Waals surface area contributed by atoms with Crippen LogP contribution < -0.4 is 5.73 Å². The van der Waals surface area contributed by atoms with Crippen molar-refractivity contribution in [2.75, 3.05) is 0 Å². The van der Waals surface area contributed by atoms with E-state index in [1.165, 1.54) is 0 Å². The van der Waals surface area contributed by atoms with Gasteiger partial charge >= 0.3 is 0 Å². The van der Waals surface area contributed by atoms with Crippen LogP contribution in [-0.2, 0) is 12.6 Å². The van der Waals surface area contributed by atoms with E-state index in [0.29, 0.717) is 0 Å². The number of thiophene rings is 1. The van der Waals surface area contributed by atoms with Crippen molar-refractivity contribution in [1.29, 1.82) is 0 Å². The fourth-order valence-electron chi connectivity index (χ4n) is 1.89. The molecule has 0 bridgehead atoms. The summed E-state index contributed by atoms with van der Waals surface area (Å²) in [7, 11) is 1.91. The molecule has 0 aliphatic heterocycles. The quantitative estimate of drug-likeness (QED) is 0.907. The van der Waals surface area contributed by atoms with Crippen molar-refractivity contribution < 1.29 is 0 Å². The van der Waals surface area contributed by atoms with Crippen LogP contribution in [0.4, 0.5) is 0 Å². The second kappa shape index (κ2) is 4.58. The predicted octanol–water partition coefficient (Wildman–Crippen LogP) is 2.52. The summed E-state index contributed by atoms with van der Waals surface area (Å²) in [6.45, 7) is 4.17. The number of hydrogen-bond donors (Lipinski definition) is 1. The number of rotatable bonds is 4. The molecular weight excluding hydrogens is 232 g/mol. The summed E-state index contributed by atoms with van der Waals surface area (Å²) in [4.78, 5) is 5.69. The molecule has 0 atom stereocenters. The first-order valence-electron chi connectivity index (χ1n) is 5.85. The largest absolute Gasteiger partial charge is 0.319 e. The van der Waals surface area contributed by atoms with E-state index in [9.17, 15) is 0 Å². The lowest BCUT2D eigenvalue weighted by Crippen LogP contribution is -2.38. The van der Waals surface area contributed by atoms with E-state index in [0.717, 1.165) is 29.4 Å². The molecule has 0 fully saturated rings. The SMILES string of the molecule is CCC(N)(CC)c1nc(-c2cccs2)nn1C. The van der Waals surface area contributed by atoms with Crippen LogP contribution in [0.5, 0.6) is 0 Å². The Balaban J connectivity index is 2.44. The molecule has 4 nitrogen and oxygen atoms in total. The minimum atomic E-state index is -0.378. The molecule has 0 saturated carbocycles. The van der Waals surface area contributed by atoms with E-state index >= 15 is 0 Å². The third-order valence-electron chi connectivity index (χ3n) is 3.21. The van der Waals surface area contributed by atoms with Gasteiger partial charge in [-0.25, -0.2) is 4.98 Å². The Hall–Kier alpha value is -1.20. The Morgan fingerprint density at radius 2 is 2.12 bits per heavy atom. The number of nitrogens with zero attached hydrogens (tertiary/aromatic N) is 3. The van der Waals surface area contributed by atoms with Gasteiger partial charge in [-0.3, -0.25) is 4.68 Å². The van der Waals surface area contributed by atoms with E-state index in [1.807, 2.05) is 29.2 Å². The zero-order chi connectivity index (χ0) is 12.5. The molecule has 0 radical (unpaired) electrons. The Labute approximate surface area is 105 Å². The highest BCUT2D eigenvalue weighted by atomic mass is 32.1. The summed E-state index contributed by atoms with van der Waals surface area (Å²) in [5, 5.41) is 6.48. The Bertz CT molecular complexity index is 483. The maximum atomic E-state index is 6.37. The maximum Gasteiger partial charge on any atom is 0.191 e. The summed E-state index contributed by atoms with van der Waals surface area (Å²) in [5.41, 5.74) is 5.99. The van der Waals surface area contributed by atoms with Crippen LogP contribution in [0, 0.1) is 0 Å². The lowest BCUT2D eigenvalue weighted by molar-refractivity contribution is 0.370. The summed E-state index contributed by atoms with van der Waals surface area (Å²) in [5.74, 6) is 1.64. The van der Waals surface area contributed by atoms with Crippen LogP contribution in [0.1, 0.15) is 32.5 Å². The van der Waals surface area contributed by atoms with Crippen molar-refractivity contribution in [1.82, 2.24) is 14.8 Å². The molecule has 5 heteroatoms. The Morgan fingerprint density at radius 1 is 1.41 bits per heavy atom. The molecule has 0 aliphatic carbocycles. The minimum Gasteiger partial charge on any atom is -0.319 e. The summed E-state index contributed by atoms with van der Waals surface area (Å²) < 4.78 is 1.81. The Morgan fingerprint density at radius 3 is 2.65 bits per heavy atom. The van der Waals surface area contributed by atoms with Gasteiger partial charge in [0.15, 0.2) is 5.82 Å². The van der Waals surface area contributed by atoms with Crippen molar-refractivity contribution in [2.24, 2.45) is 12.8 Å². The van der Waals surface area contributed by atoms with Crippen LogP contribution in [0.15, 0.2) is 17.5 Å². The van der Waals surface area contributed by atoms with Crippen LogP contribution in [0.25, 0.3) is 10.7 Å². The first-order valence-corrected chi connectivity index (χ1v) is 6.73. The Kier molecular flexibility index (Phi) is 3.31. The van der Waals surface area contributed by atoms with Gasteiger partial charge in [0, 0.05) is 7.05 Å². The molecule has 0 amide bonds. The smallest absolute Gasteiger partial charge is 0.191 e. The lowest BCUT2D eigenvalue weighted by atomic mass is 9.93. The van der Waals surface area contributed by atoms with Gasteiger partial charge in [-0.15, -0.1) is 11.3 Å². The number of aryl methyl sites for hydroxylation is 1. The van der Waals surface area contributed by atoms with Crippen LogP contribution in [-0.4, -0.2) is 14.8 Å². The second-order valence-electron chi connectivity index (χ2n) is 4.22. The molecule has 92 valence electrons. The van der Waals surface area contributed by atoms with E-state index < -0.39 is 0 Å². The molecule has 2 N–H and O–H groups in total. The van der Waals surface area contributed by atoms with Gasteiger partial charge in [-0.05, 0) is 24.3 Å². The first-order chi connectivity index (χ1) is 8.10. The summed E-state index contributed by atoms with van der Waals surface area (Å²) >= 11 is 1.64. The molecule has 0 unspecified atom stereocenters. The molecule has 0 aromatic carbocycles. The van der Waals surface area contributed by atoms with Gasteiger partial charge in [-0.1, -0.05) is 19.9 Å². The molecule has 0 saturated heterocycles. The van der Waals surface area contributed by atoms with Crippen LogP contribution in [0.2, 0.25) is 0 Å². The monoisotopic (exact) mass is 250 g/mol. The minimum absolute atomic E-state index is 0.378. The van der Waals surface area contributed by atoms with Crippen molar-refractivity contribution >= 4 is 11.3 Å². The lowest BCUT2D eigenvalue weighted by Gasteiger charge is -2.24. The van der Waals surface area contributed by atoms with Crippen molar-refractivity contribution in [3.8, 4) is 10.7 Å². The molecule has 0 spiro atoms. The highest BCUT2D eigenvalue weighted by Gasteiger charge is 2.29. The molecule has 2 heterocycles. The molecule has 0 aliphatic rings. The van der Waals surface area contributed by atoms with Gasteiger partial charge in [0.05, 0.1) is 10.4 Å². The van der Waals surface area contributed by atoms with E-state index in [2.05, 4.69) is 23.9 Å².